The van der Waals surface area contributed by atoms with Crippen LogP contribution < -0.4 is 0 Å². The zero-order valence-corrected chi connectivity index (χ0v) is 10.3. The molecule has 0 heterocycles. The zero-order chi connectivity index (χ0) is 12.1. The van der Waals surface area contributed by atoms with Gasteiger partial charge in [0.25, 0.3) is 0 Å². The minimum absolute atomic E-state index is 0.114. The van der Waals surface area contributed by atoms with Crippen LogP contribution in [-0.2, 0) is 9.53 Å². The number of carbonyl (C=O) groups excluding carboxylic acids is 1. The van der Waals surface area contributed by atoms with Crippen LogP contribution in [0.15, 0.2) is 30.3 Å². The van der Waals surface area contributed by atoms with Crippen molar-refractivity contribution < 1.29 is 9.53 Å². The Kier molecular flexibility index (Phi) is 4.50. The Morgan fingerprint density at radius 1 is 1.25 bits per heavy atom. The SMILES string of the molecule is COC(=O)C(C(C)c1ccccc1)N(C)C. The summed E-state index contributed by atoms with van der Waals surface area (Å²) in [6.45, 7) is 2.04. The van der Waals surface area contributed by atoms with Crippen molar-refractivity contribution in [1.82, 2.24) is 4.90 Å². The first-order valence-corrected chi connectivity index (χ1v) is 5.37. The highest BCUT2D eigenvalue weighted by atomic mass is 16.5. The number of ether oxygens (including phenoxy) is 1. The Balaban J connectivity index is 2.92. The summed E-state index contributed by atoms with van der Waals surface area (Å²) < 4.78 is 4.84. The quantitative estimate of drug-likeness (QED) is 0.727. The van der Waals surface area contributed by atoms with Gasteiger partial charge in [0, 0.05) is 5.92 Å². The van der Waals surface area contributed by atoms with Crippen LogP contribution in [-0.4, -0.2) is 38.1 Å². The maximum Gasteiger partial charge on any atom is 0.323 e. The fourth-order valence-electron chi connectivity index (χ4n) is 1.92. The number of likely N-dealkylation sites (N-methyl/N-ethyl adjacent to an activating group) is 1. The fourth-order valence-corrected chi connectivity index (χ4v) is 1.92. The number of hydrogen-bond donors (Lipinski definition) is 0. The Morgan fingerprint density at radius 2 is 1.81 bits per heavy atom. The third kappa shape index (κ3) is 2.83. The molecule has 0 aromatic heterocycles. The van der Waals surface area contributed by atoms with Gasteiger partial charge < -0.3 is 4.74 Å². The molecule has 0 radical (unpaired) electrons. The van der Waals surface area contributed by atoms with Gasteiger partial charge in [-0.05, 0) is 19.7 Å². The molecule has 1 aromatic rings. The molecule has 0 fully saturated rings. The van der Waals surface area contributed by atoms with E-state index in [2.05, 4.69) is 0 Å². The van der Waals surface area contributed by atoms with Crippen LogP contribution in [0.2, 0.25) is 0 Å². The first-order valence-electron chi connectivity index (χ1n) is 5.37. The number of esters is 1. The molecule has 1 rings (SSSR count). The molecular weight excluding hydrogens is 202 g/mol. The molecule has 88 valence electrons. The van der Waals surface area contributed by atoms with Crippen LogP contribution in [0, 0.1) is 0 Å². The highest BCUT2D eigenvalue weighted by Gasteiger charge is 2.28. The summed E-state index contributed by atoms with van der Waals surface area (Å²) in [7, 11) is 5.21. The predicted octanol–water partition coefficient (Wildman–Crippen LogP) is 1.89. The fraction of sp³-hybridized carbons (Fsp3) is 0.462. The smallest absolute Gasteiger partial charge is 0.323 e. The van der Waals surface area contributed by atoms with Crippen LogP contribution in [0.1, 0.15) is 18.4 Å². The molecule has 3 nitrogen and oxygen atoms in total. The number of carbonyl (C=O) groups is 1. The van der Waals surface area contributed by atoms with Crippen molar-refractivity contribution in [3.05, 3.63) is 35.9 Å². The van der Waals surface area contributed by atoms with E-state index in [1.54, 1.807) is 0 Å². The maximum absolute atomic E-state index is 11.7. The second kappa shape index (κ2) is 5.66. The lowest BCUT2D eigenvalue weighted by molar-refractivity contribution is -0.146. The molecule has 0 bridgehead atoms. The van der Waals surface area contributed by atoms with Crippen LogP contribution in [0.3, 0.4) is 0 Å². The molecule has 16 heavy (non-hydrogen) atoms. The van der Waals surface area contributed by atoms with Crippen molar-refractivity contribution >= 4 is 5.97 Å². The van der Waals surface area contributed by atoms with Crippen molar-refractivity contribution in [3.8, 4) is 0 Å². The first-order chi connectivity index (χ1) is 7.57. The highest BCUT2D eigenvalue weighted by Crippen LogP contribution is 2.22. The van der Waals surface area contributed by atoms with Gasteiger partial charge in [0.1, 0.15) is 6.04 Å². The minimum atomic E-state index is -0.243. The molecule has 2 atom stereocenters. The molecule has 2 unspecified atom stereocenters. The molecule has 0 spiro atoms. The van der Waals surface area contributed by atoms with Crippen molar-refractivity contribution in [2.24, 2.45) is 0 Å². The topological polar surface area (TPSA) is 29.5 Å². The van der Waals surface area contributed by atoms with E-state index in [0.717, 1.165) is 5.56 Å². The summed E-state index contributed by atoms with van der Waals surface area (Å²) in [5.74, 6) is -0.0787. The highest BCUT2D eigenvalue weighted by molar-refractivity contribution is 5.77. The Labute approximate surface area is 97.0 Å². The lowest BCUT2D eigenvalue weighted by Gasteiger charge is -2.27. The average Bonchev–Trinajstić information content (AvgIpc) is 2.29. The number of nitrogens with zero attached hydrogens (tertiary/aromatic N) is 1. The standard InChI is InChI=1S/C13H19NO2/c1-10(11-8-6-5-7-9-11)12(14(2)3)13(15)16-4/h5-10,12H,1-4H3. The van der Waals surface area contributed by atoms with Gasteiger partial charge in [-0.15, -0.1) is 0 Å². The van der Waals surface area contributed by atoms with Crippen LogP contribution >= 0.6 is 0 Å². The third-order valence-electron chi connectivity index (χ3n) is 2.80. The normalized spacial score (nSPS) is 14.6. The van der Waals surface area contributed by atoms with Crippen LogP contribution in [0.4, 0.5) is 0 Å². The van der Waals surface area contributed by atoms with E-state index in [-0.39, 0.29) is 17.9 Å². The Morgan fingerprint density at radius 3 is 2.25 bits per heavy atom. The van der Waals surface area contributed by atoms with Gasteiger partial charge in [-0.1, -0.05) is 37.3 Å². The summed E-state index contributed by atoms with van der Waals surface area (Å²) >= 11 is 0. The van der Waals surface area contributed by atoms with Gasteiger partial charge in [0.2, 0.25) is 0 Å². The average molecular weight is 221 g/mol. The second-order valence-electron chi connectivity index (χ2n) is 4.13. The molecule has 1 aromatic carbocycles. The molecule has 0 amide bonds. The van der Waals surface area contributed by atoms with E-state index in [9.17, 15) is 4.79 Å². The monoisotopic (exact) mass is 221 g/mol. The molecule has 3 heteroatoms. The summed E-state index contributed by atoms with van der Waals surface area (Å²) in [6.07, 6.45) is 0. The van der Waals surface area contributed by atoms with Gasteiger partial charge in [-0.25, -0.2) is 0 Å². The van der Waals surface area contributed by atoms with E-state index in [4.69, 9.17) is 4.74 Å². The van der Waals surface area contributed by atoms with E-state index >= 15 is 0 Å². The molecule has 0 N–H and O–H groups in total. The molecule has 0 aliphatic carbocycles. The number of rotatable bonds is 4. The van der Waals surface area contributed by atoms with Gasteiger partial charge in [-0.3, -0.25) is 9.69 Å². The summed E-state index contributed by atoms with van der Waals surface area (Å²) in [4.78, 5) is 13.6. The molecule has 0 aliphatic rings. The van der Waals surface area contributed by atoms with Crippen molar-refractivity contribution in [2.75, 3.05) is 21.2 Å². The number of benzene rings is 1. The lowest BCUT2D eigenvalue weighted by Crippen LogP contribution is -2.40. The Bertz CT molecular complexity index is 335. The largest absolute Gasteiger partial charge is 0.468 e. The van der Waals surface area contributed by atoms with Gasteiger partial charge in [0.05, 0.1) is 7.11 Å². The van der Waals surface area contributed by atoms with Crippen LogP contribution in [0.5, 0.6) is 0 Å². The van der Waals surface area contributed by atoms with Crippen molar-refractivity contribution in [2.45, 2.75) is 18.9 Å². The van der Waals surface area contributed by atoms with Gasteiger partial charge in [-0.2, -0.15) is 0 Å². The summed E-state index contributed by atoms with van der Waals surface area (Å²) in [5, 5.41) is 0. The molecular formula is C13H19NO2. The zero-order valence-electron chi connectivity index (χ0n) is 10.3. The molecule has 0 aliphatic heterocycles. The molecule has 0 saturated carbocycles. The minimum Gasteiger partial charge on any atom is -0.468 e. The van der Waals surface area contributed by atoms with E-state index in [1.165, 1.54) is 7.11 Å². The maximum atomic E-state index is 11.7. The Hall–Kier alpha value is -1.35. The summed E-state index contributed by atoms with van der Waals surface area (Å²) in [5.41, 5.74) is 1.15. The summed E-state index contributed by atoms with van der Waals surface area (Å²) in [6, 6.07) is 9.76. The van der Waals surface area contributed by atoms with E-state index in [1.807, 2.05) is 56.3 Å². The van der Waals surface area contributed by atoms with E-state index in [0.29, 0.717) is 0 Å². The predicted molar refractivity (Wildman–Crippen MR) is 64.3 cm³/mol. The van der Waals surface area contributed by atoms with Crippen LogP contribution in [0.25, 0.3) is 0 Å². The van der Waals surface area contributed by atoms with Gasteiger partial charge in [0.15, 0.2) is 0 Å². The van der Waals surface area contributed by atoms with Crippen molar-refractivity contribution in [1.29, 1.82) is 0 Å². The second-order valence-corrected chi connectivity index (χ2v) is 4.13. The van der Waals surface area contributed by atoms with Crippen molar-refractivity contribution in [3.63, 3.8) is 0 Å². The van der Waals surface area contributed by atoms with Gasteiger partial charge >= 0.3 is 5.97 Å². The first kappa shape index (κ1) is 12.7. The number of hydrogen-bond acceptors (Lipinski definition) is 3. The molecule has 0 saturated heterocycles. The number of methoxy groups -OCH3 is 1. The lowest BCUT2D eigenvalue weighted by atomic mass is 9.92. The third-order valence-corrected chi connectivity index (χ3v) is 2.80. The van der Waals surface area contributed by atoms with E-state index < -0.39 is 0 Å².